The molecule has 6 heteroatoms. The highest BCUT2D eigenvalue weighted by Gasteiger charge is 2.19. The quantitative estimate of drug-likeness (QED) is 0.682. The maximum atomic E-state index is 12.4. The summed E-state index contributed by atoms with van der Waals surface area (Å²) in [6, 6.07) is 9.47. The second-order valence-electron chi connectivity index (χ2n) is 5.50. The van der Waals surface area contributed by atoms with Gasteiger partial charge < -0.3 is 15.4 Å². The van der Waals surface area contributed by atoms with E-state index < -0.39 is 6.10 Å². The first kappa shape index (κ1) is 17.4. The maximum Gasteiger partial charge on any atom is 0.269 e. The minimum absolute atomic E-state index is 0.192. The number of imidazole rings is 1. The third-order valence-corrected chi connectivity index (χ3v) is 4.39. The van der Waals surface area contributed by atoms with Crippen LogP contribution in [0.4, 0.5) is 0 Å². The molecule has 0 saturated carbocycles. The van der Waals surface area contributed by atoms with Gasteiger partial charge in [-0.05, 0) is 30.3 Å². The second-order valence-corrected chi connectivity index (χ2v) is 5.89. The summed E-state index contributed by atoms with van der Waals surface area (Å²) in [5.74, 6) is -0.0662. The summed E-state index contributed by atoms with van der Waals surface area (Å²) in [5, 5.41) is 12.9. The van der Waals surface area contributed by atoms with Gasteiger partial charge in [-0.2, -0.15) is 0 Å². The third kappa shape index (κ3) is 4.09. The van der Waals surface area contributed by atoms with E-state index in [2.05, 4.69) is 10.3 Å². The normalized spacial score (nSPS) is 12.3. The van der Waals surface area contributed by atoms with Crippen molar-refractivity contribution in [3.05, 3.63) is 47.0 Å². The number of aromatic amines is 1. The number of nitrogens with one attached hydrogen (secondary N) is 2. The van der Waals surface area contributed by atoms with Crippen molar-refractivity contribution in [1.82, 2.24) is 14.9 Å². The number of aromatic nitrogens is 2. The van der Waals surface area contributed by atoms with Crippen LogP contribution in [-0.2, 0) is 0 Å². The average Bonchev–Trinajstić information content (AvgIpc) is 2.96. The standard InChI is InChI=1S/C17H23N3O2S/c1-3-12(4-2)15(21)11-18-16(22)14-10-19-17(23)20(14)13-8-6-5-7-9-13/h5-10,12,15,21H,3-4,11H2,1-2H3,(H,18,22)(H,19,23). The number of H-pyrrole nitrogens is 1. The molecule has 124 valence electrons. The van der Waals surface area contributed by atoms with Gasteiger partial charge in [0.1, 0.15) is 5.69 Å². The Labute approximate surface area is 141 Å². The number of hydrogen-bond acceptors (Lipinski definition) is 3. The molecule has 1 atom stereocenters. The largest absolute Gasteiger partial charge is 0.391 e. The Balaban J connectivity index is 2.14. The maximum absolute atomic E-state index is 12.4. The van der Waals surface area contributed by atoms with Gasteiger partial charge >= 0.3 is 0 Å². The summed E-state index contributed by atoms with van der Waals surface area (Å²) in [5.41, 5.74) is 1.25. The van der Waals surface area contributed by atoms with Gasteiger partial charge in [0.2, 0.25) is 0 Å². The highest BCUT2D eigenvalue weighted by atomic mass is 32.1. The number of carbonyl (C=O) groups is 1. The zero-order chi connectivity index (χ0) is 16.8. The Kier molecular flexibility index (Phi) is 6.12. The number of carbonyl (C=O) groups excluding carboxylic acids is 1. The highest BCUT2D eigenvalue weighted by Crippen LogP contribution is 2.14. The van der Waals surface area contributed by atoms with E-state index in [-0.39, 0.29) is 18.4 Å². The summed E-state index contributed by atoms with van der Waals surface area (Å²) in [6.07, 6.45) is 2.82. The molecule has 0 bridgehead atoms. The molecule has 5 nitrogen and oxygen atoms in total. The molecule has 2 rings (SSSR count). The monoisotopic (exact) mass is 333 g/mol. The Morgan fingerprint density at radius 1 is 1.30 bits per heavy atom. The average molecular weight is 333 g/mol. The molecule has 0 fully saturated rings. The van der Waals surface area contributed by atoms with Crippen molar-refractivity contribution < 1.29 is 9.90 Å². The van der Waals surface area contributed by atoms with Crippen LogP contribution < -0.4 is 5.32 Å². The Hall–Kier alpha value is -1.92. The number of aliphatic hydroxyl groups excluding tert-OH is 1. The highest BCUT2D eigenvalue weighted by molar-refractivity contribution is 7.71. The van der Waals surface area contributed by atoms with Crippen LogP contribution >= 0.6 is 12.2 Å². The van der Waals surface area contributed by atoms with E-state index in [4.69, 9.17) is 12.2 Å². The van der Waals surface area contributed by atoms with Crippen LogP contribution in [0.3, 0.4) is 0 Å². The zero-order valence-electron chi connectivity index (χ0n) is 13.5. The molecular formula is C17H23N3O2S. The number of rotatable bonds is 7. The van der Waals surface area contributed by atoms with E-state index in [0.29, 0.717) is 10.5 Å². The predicted molar refractivity (Wildman–Crippen MR) is 93.4 cm³/mol. The molecule has 1 aromatic carbocycles. The smallest absolute Gasteiger partial charge is 0.269 e. The topological polar surface area (TPSA) is 70.1 Å². The van der Waals surface area contributed by atoms with E-state index in [1.54, 1.807) is 10.8 Å². The zero-order valence-corrected chi connectivity index (χ0v) is 14.3. The second kappa shape index (κ2) is 8.08. The summed E-state index contributed by atoms with van der Waals surface area (Å²) < 4.78 is 2.15. The van der Waals surface area contributed by atoms with Crippen LogP contribution in [0.2, 0.25) is 0 Å². The molecule has 0 spiro atoms. The number of hydrogen-bond donors (Lipinski definition) is 3. The minimum Gasteiger partial charge on any atom is -0.391 e. The first-order valence-corrected chi connectivity index (χ1v) is 8.31. The Morgan fingerprint density at radius 3 is 2.57 bits per heavy atom. The summed E-state index contributed by atoms with van der Waals surface area (Å²) in [4.78, 5) is 15.4. The van der Waals surface area contributed by atoms with Crippen LogP contribution in [0.15, 0.2) is 36.5 Å². The van der Waals surface area contributed by atoms with Crippen molar-refractivity contribution in [1.29, 1.82) is 0 Å². The van der Waals surface area contributed by atoms with Gasteiger partial charge in [0.15, 0.2) is 4.77 Å². The lowest BCUT2D eigenvalue weighted by Crippen LogP contribution is -2.36. The minimum atomic E-state index is -0.541. The van der Waals surface area contributed by atoms with Gasteiger partial charge in [-0.3, -0.25) is 9.36 Å². The van der Waals surface area contributed by atoms with E-state index in [1.165, 1.54) is 0 Å². The third-order valence-electron chi connectivity index (χ3n) is 4.09. The van der Waals surface area contributed by atoms with Crippen LogP contribution in [0.1, 0.15) is 37.2 Å². The molecular weight excluding hydrogens is 310 g/mol. The van der Waals surface area contributed by atoms with Gasteiger partial charge in [-0.1, -0.05) is 44.9 Å². The lowest BCUT2D eigenvalue weighted by molar-refractivity contribution is 0.0811. The predicted octanol–water partition coefficient (Wildman–Crippen LogP) is 3.06. The molecule has 2 aromatic rings. The summed E-state index contributed by atoms with van der Waals surface area (Å²) in [7, 11) is 0. The Bertz CT molecular complexity index is 689. The number of amides is 1. The molecule has 1 amide bonds. The van der Waals surface area contributed by atoms with E-state index in [1.807, 2.05) is 44.2 Å². The van der Waals surface area contributed by atoms with Gasteiger partial charge in [-0.25, -0.2) is 0 Å². The number of nitrogens with zero attached hydrogens (tertiary/aromatic N) is 1. The molecule has 0 radical (unpaired) electrons. The van der Waals surface area contributed by atoms with E-state index in [0.717, 1.165) is 18.5 Å². The van der Waals surface area contributed by atoms with Crippen molar-refractivity contribution in [2.24, 2.45) is 5.92 Å². The van der Waals surface area contributed by atoms with Crippen molar-refractivity contribution in [2.75, 3.05) is 6.54 Å². The molecule has 0 aliphatic rings. The van der Waals surface area contributed by atoms with Crippen LogP contribution in [0.25, 0.3) is 5.69 Å². The fourth-order valence-corrected chi connectivity index (χ4v) is 2.92. The molecule has 1 aromatic heterocycles. The summed E-state index contributed by atoms with van der Waals surface area (Å²) >= 11 is 5.27. The molecule has 23 heavy (non-hydrogen) atoms. The number of benzene rings is 1. The van der Waals surface area contributed by atoms with Crippen molar-refractivity contribution in [2.45, 2.75) is 32.8 Å². The molecule has 0 saturated heterocycles. The number of para-hydroxylation sites is 1. The van der Waals surface area contributed by atoms with Crippen molar-refractivity contribution in [3.63, 3.8) is 0 Å². The molecule has 1 unspecified atom stereocenters. The van der Waals surface area contributed by atoms with Gasteiger partial charge in [0.05, 0.1) is 6.10 Å². The Morgan fingerprint density at radius 2 is 1.96 bits per heavy atom. The SMILES string of the molecule is CCC(CC)C(O)CNC(=O)c1c[nH]c(=S)n1-c1ccccc1. The lowest BCUT2D eigenvalue weighted by Gasteiger charge is -2.20. The molecule has 0 aliphatic heterocycles. The number of aliphatic hydroxyl groups is 1. The van der Waals surface area contributed by atoms with E-state index >= 15 is 0 Å². The fourth-order valence-electron chi connectivity index (χ4n) is 2.66. The fraction of sp³-hybridized carbons (Fsp3) is 0.412. The van der Waals surface area contributed by atoms with Gasteiger partial charge in [0.25, 0.3) is 5.91 Å². The first-order chi connectivity index (χ1) is 11.1. The van der Waals surface area contributed by atoms with Crippen LogP contribution in [0, 0.1) is 10.7 Å². The molecule has 0 aliphatic carbocycles. The molecule has 1 heterocycles. The van der Waals surface area contributed by atoms with Gasteiger partial charge in [0, 0.05) is 18.4 Å². The van der Waals surface area contributed by atoms with Crippen LogP contribution in [0.5, 0.6) is 0 Å². The molecule has 3 N–H and O–H groups in total. The van der Waals surface area contributed by atoms with Crippen LogP contribution in [-0.4, -0.2) is 33.2 Å². The van der Waals surface area contributed by atoms with E-state index in [9.17, 15) is 9.90 Å². The van der Waals surface area contributed by atoms with Crippen molar-refractivity contribution in [3.8, 4) is 5.69 Å². The van der Waals surface area contributed by atoms with Crippen molar-refractivity contribution >= 4 is 18.1 Å². The summed E-state index contributed by atoms with van der Waals surface area (Å²) in [6.45, 7) is 4.31. The lowest BCUT2D eigenvalue weighted by atomic mass is 9.96. The van der Waals surface area contributed by atoms with Gasteiger partial charge in [-0.15, -0.1) is 0 Å². The first-order valence-electron chi connectivity index (χ1n) is 7.90.